The summed E-state index contributed by atoms with van der Waals surface area (Å²) in [5, 5.41) is 9.21. The van der Waals surface area contributed by atoms with E-state index in [1.165, 1.54) is 0 Å². The number of hydrogen-bond donors (Lipinski definition) is 1. The Kier molecular flexibility index (Phi) is 8.11. The van der Waals surface area contributed by atoms with Crippen LogP contribution in [0.5, 0.6) is 0 Å². The van der Waals surface area contributed by atoms with Gasteiger partial charge in [-0.15, -0.1) is 0 Å². The third-order valence-electron chi connectivity index (χ3n) is 3.36. The first-order valence-corrected chi connectivity index (χ1v) is 8.31. The maximum Gasteiger partial charge on any atom is 0.307 e. The van der Waals surface area contributed by atoms with Crippen molar-refractivity contribution in [2.24, 2.45) is 5.92 Å². The minimum atomic E-state index is -1.07. The second-order valence-corrected chi connectivity index (χ2v) is 6.86. The van der Waals surface area contributed by atoms with Crippen LogP contribution in [0.4, 0.5) is 0 Å². The van der Waals surface area contributed by atoms with Crippen molar-refractivity contribution in [1.82, 2.24) is 0 Å². The second-order valence-electron chi connectivity index (χ2n) is 6.86. The largest absolute Gasteiger partial charge is 0.481 e. The number of ether oxygens (including phenoxy) is 2. The predicted octanol–water partition coefficient (Wildman–Crippen LogP) is 3.33. The van der Waals surface area contributed by atoms with Crippen molar-refractivity contribution in [2.45, 2.75) is 58.7 Å². The van der Waals surface area contributed by atoms with E-state index in [4.69, 9.17) is 9.47 Å². The van der Waals surface area contributed by atoms with Crippen LogP contribution in [-0.2, 0) is 30.5 Å². The number of carboxylic acid groups (broad SMARTS) is 1. The van der Waals surface area contributed by atoms with Crippen molar-refractivity contribution >= 4 is 17.9 Å². The SMILES string of the molecule is CC(C)(C)OC(=O)C[C@@H](CCCC(=O)OCc1ccccc1)C(=O)O. The maximum absolute atomic E-state index is 11.8. The van der Waals surface area contributed by atoms with E-state index in [-0.39, 0.29) is 31.8 Å². The van der Waals surface area contributed by atoms with E-state index in [1.807, 2.05) is 30.3 Å². The minimum absolute atomic E-state index is 0.116. The maximum atomic E-state index is 11.8. The van der Waals surface area contributed by atoms with Gasteiger partial charge in [-0.05, 0) is 39.2 Å². The molecular weight excluding hydrogens is 324 g/mol. The summed E-state index contributed by atoms with van der Waals surface area (Å²) in [7, 11) is 0. The fourth-order valence-electron chi connectivity index (χ4n) is 2.20. The summed E-state index contributed by atoms with van der Waals surface area (Å²) in [6.45, 7) is 5.37. The highest BCUT2D eigenvalue weighted by Crippen LogP contribution is 2.17. The average Bonchev–Trinajstić information content (AvgIpc) is 2.51. The molecule has 0 aromatic heterocycles. The fourth-order valence-corrected chi connectivity index (χ4v) is 2.20. The van der Waals surface area contributed by atoms with Gasteiger partial charge in [-0.2, -0.15) is 0 Å². The Morgan fingerprint density at radius 1 is 1.08 bits per heavy atom. The molecule has 0 heterocycles. The zero-order valence-electron chi connectivity index (χ0n) is 15.0. The lowest BCUT2D eigenvalue weighted by atomic mass is 9.98. The summed E-state index contributed by atoms with van der Waals surface area (Å²) in [6, 6.07) is 9.31. The van der Waals surface area contributed by atoms with Crippen LogP contribution in [0.3, 0.4) is 0 Å². The minimum Gasteiger partial charge on any atom is -0.481 e. The first-order chi connectivity index (χ1) is 11.7. The Morgan fingerprint density at radius 2 is 1.72 bits per heavy atom. The van der Waals surface area contributed by atoms with Crippen LogP contribution in [0.2, 0.25) is 0 Å². The van der Waals surface area contributed by atoms with Gasteiger partial charge in [-0.1, -0.05) is 30.3 Å². The third-order valence-corrected chi connectivity index (χ3v) is 3.36. The van der Waals surface area contributed by atoms with Gasteiger partial charge in [0.15, 0.2) is 0 Å². The lowest BCUT2D eigenvalue weighted by molar-refractivity contribution is -0.160. The molecule has 0 aliphatic carbocycles. The number of esters is 2. The van der Waals surface area contributed by atoms with Gasteiger partial charge >= 0.3 is 17.9 Å². The number of carboxylic acids is 1. The van der Waals surface area contributed by atoms with Crippen LogP contribution in [0.1, 0.15) is 52.0 Å². The van der Waals surface area contributed by atoms with Crippen LogP contribution in [0, 0.1) is 5.92 Å². The van der Waals surface area contributed by atoms with Gasteiger partial charge in [0.25, 0.3) is 0 Å². The molecule has 0 fully saturated rings. The molecule has 1 aromatic carbocycles. The predicted molar refractivity (Wildman–Crippen MR) is 91.7 cm³/mol. The molecule has 1 atom stereocenters. The van der Waals surface area contributed by atoms with Gasteiger partial charge in [0, 0.05) is 6.42 Å². The second kappa shape index (κ2) is 9.81. The molecule has 0 radical (unpaired) electrons. The summed E-state index contributed by atoms with van der Waals surface area (Å²) < 4.78 is 10.3. The van der Waals surface area contributed by atoms with Crippen molar-refractivity contribution in [3.05, 3.63) is 35.9 Å². The van der Waals surface area contributed by atoms with Crippen molar-refractivity contribution in [3.63, 3.8) is 0 Å². The van der Waals surface area contributed by atoms with Crippen LogP contribution >= 0.6 is 0 Å². The van der Waals surface area contributed by atoms with E-state index in [0.29, 0.717) is 6.42 Å². The standard InChI is InChI=1S/C19H26O6/c1-19(2,3)25-17(21)12-15(18(22)23)10-7-11-16(20)24-13-14-8-5-4-6-9-14/h4-6,8-9,15H,7,10-13H2,1-3H3,(H,22,23)/t15-/m1/s1. The van der Waals surface area contributed by atoms with Crippen LogP contribution in [0.25, 0.3) is 0 Å². The number of benzene rings is 1. The number of aliphatic carboxylic acids is 1. The van der Waals surface area contributed by atoms with Crippen molar-refractivity contribution in [1.29, 1.82) is 0 Å². The smallest absolute Gasteiger partial charge is 0.307 e. The molecule has 0 saturated carbocycles. The highest BCUT2D eigenvalue weighted by molar-refractivity contribution is 5.79. The quantitative estimate of drug-likeness (QED) is 0.687. The Hall–Kier alpha value is -2.37. The van der Waals surface area contributed by atoms with Gasteiger partial charge in [0.1, 0.15) is 12.2 Å². The molecule has 1 aromatic rings. The average molecular weight is 350 g/mol. The van der Waals surface area contributed by atoms with Gasteiger partial charge in [-0.25, -0.2) is 0 Å². The first-order valence-electron chi connectivity index (χ1n) is 8.31. The number of hydrogen-bond acceptors (Lipinski definition) is 5. The van der Waals surface area contributed by atoms with E-state index >= 15 is 0 Å². The van der Waals surface area contributed by atoms with Crippen LogP contribution in [-0.4, -0.2) is 28.6 Å². The molecule has 138 valence electrons. The highest BCUT2D eigenvalue weighted by Gasteiger charge is 2.25. The van der Waals surface area contributed by atoms with Gasteiger partial charge < -0.3 is 14.6 Å². The summed E-state index contributed by atoms with van der Waals surface area (Å²) in [5.41, 5.74) is 0.241. The Balaban J connectivity index is 2.33. The fraction of sp³-hybridized carbons (Fsp3) is 0.526. The van der Waals surface area contributed by atoms with E-state index in [0.717, 1.165) is 5.56 Å². The van der Waals surface area contributed by atoms with E-state index < -0.39 is 23.5 Å². The normalized spacial score (nSPS) is 12.3. The summed E-state index contributed by atoms with van der Waals surface area (Å²) in [6.07, 6.45) is 0.471. The molecule has 0 unspecified atom stereocenters. The topological polar surface area (TPSA) is 89.9 Å². The zero-order chi connectivity index (χ0) is 18.9. The third kappa shape index (κ3) is 9.49. The summed E-state index contributed by atoms with van der Waals surface area (Å²) in [4.78, 5) is 34.7. The molecule has 0 amide bonds. The van der Waals surface area contributed by atoms with E-state index in [2.05, 4.69) is 0 Å². The van der Waals surface area contributed by atoms with Gasteiger partial charge in [0.05, 0.1) is 12.3 Å². The van der Waals surface area contributed by atoms with E-state index in [9.17, 15) is 19.5 Å². The molecule has 0 saturated heterocycles. The lowest BCUT2D eigenvalue weighted by Crippen LogP contribution is -2.27. The highest BCUT2D eigenvalue weighted by atomic mass is 16.6. The Labute approximate surface area is 148 Å². The zero-order valence-corrected chi connectivity index (χ0v) is 15.0. The molecule has 1 rings (SSSR count). The summed E-state index contributed by atoms with van der Waals surface area (Å²) in [5.74, 6) is -2.86. The molecule has 25 heavy (non-hydrogen) atoms. The van der Waals surface area contributed by atoms with Crippen LogP contribution in [0.15, 0.2) is 30.3 Å². The Morgan fingerprint density at radius 3 is 2.28 bits per heavy atom. The Bertz CT molecular complexity index is 573. The molecule has 6 nitrogen and oxygen atoms in total. The van der Waals surface area contributed by atoms with E-state index in [1.54, 1.807) is 20.8 Å². The molecule has 0 aliphatic rings. The number of carbonyl (C=O) groups excluding carboxylic acids is 2. The summed E-state index contributed by atoms with van der Waals surface area (Å²) >= 11 is 0. The monoisotopic (exact) mass is 350 g/mol. The van der Waals surface area contributed by atoms with Gasteiger partial charge in [-0.3, -0.25) is 14.4 Å². The molecule has 6 heteroatoms. The number of rotatable bonds is 9. The van der Waals surface area contributed by atoms with Gasteiger partial charge in [0.2, 0.25) is 0 Å². The molecular formula is C19H26O6. The van der Waals surface area contributed by atoms with Crippen molar-refractivity contribution in [2.75, 3.05) is 0 Å². The first kappa shape index (κ1) is 20.7. The molecule has 0 aliphatic heterocycles. The molecule has 1 N–H and O–H groups in total. The molecule has 0 spiro atoms. The lowest BCUT2D eigenvalue weighted by Gasteiger charge is -2.21. The van der Waals surface area contributed by atoms with Crippen molar-refractivity contribution < 1.29 is 29.0 Å². The van der Waals surface area contributed by atoms with Crippen molar-refractivity contribution in [3.8, 4) is 0 Å². The molecule has 0 bridgehead atoms. The van der Waals surface area contributed by atoms with Crippen LogP contribution < -0.4 is 0 Å². The number of carbonyl (C=O) groups is 3.